The van der Waals surface area contributed by atoms with Crippen molar-refractivity contribution in [2.24, 2.45) is 0 Å². The van der Waals surface area contributed by atoms with Crippen LogP contribution in [-0.4, -0.2) is 41.5 Å². The fraction of sp³-hybridized carbons (Fsp3) is 0.533. The zero-order valence-corrected chi connectivity index (χ0v) is 11.5. The minimum Gasteiger partial charge on any atom is -0.389 e. The van der Waals surface area contributed by atoms with Crippen molar-refractivity contribution >= 4 is 5.78 Å². The lowest BCUT2D eigenvalue weighted by molar-refractivity contribution is 0.0172. The number of Topliss-reactive ketones (excluding diaryl/α,β-unsaturated/α-hetero) is 1. The predicted octanol–water partition coefficient (Wildman–Crippen LogP) is 2.38. The molecule has 0 unspecified atom stereocenters. The zero-order chi connectivity index (χ0) is 14.8. The van der Waals surface area contributed by atoms with Gasteiger partial charge in [0.2, 0.25) is 0 Å². The molecule has 1 aliphatic carbocycles. The smallest absolute Gasteiger partial charge is 0.179 e. The molecule has 0 spiro atoms. The van der Waals surface area contributed by atoms with Crippen molar-refractivity contribution in [2.75, 3.05) is 20.1 Å². The molecule has 0 bridgehead atoms. The number of ketones is 1. The summed E-state index contributed by atoms with van der Waals surface area (Å²) in [5, 5.41) is 10.3. The van der Waals surface area contributed by atoms with Gasteiger partial charge >= 0.3 is 0 Å². The lowest BCUT2D eigenvalue weighted by atomic mass is 10.0. The Morgan fingerprint density at radius 1 is 1.35 bits per heavy atom. The van der Waals surface area contributed by atoms with Crippen molar-refractivity contribution in [3.05, 3.63) is 35.4 Å². The third-order valence-electron chi connectivity index (χ3n) is 3.74. The van der Waals surface area contributed by atoms with Crippen LogP contribution in [0.3, 0.4) is 0 Å². The number of benzene rings is 1. The molecule has 0 heterocycles. The summed E-state index contributed by atoms with van der Waals surface area (Å²) in [5.41, 5.74) is -0.854. The summed E-state index contributed by atoms with van der Waals surface area (Å²) in [4.78, 5) is 13.7. The number of halogens is 2. The maximum atomic E-state index is 13.5. The van der Waals surface area contributed by atoms with E-state index in [1.54, 1.807) is 11.9 Å². The quantitative estimate of drug-likeness (QED) is 0.844. The normalized spacial score (nSPS) is 17.6. The second-order valence-corrected chi connectivity index (χ2v) is 5.65. The topological polar surface area (TPSA) is 40.5 Å². The van der Waals surface area contributed by atoms with Gasteiger partial charge < -0.3 is 5.11 Å². The highest BCUT2D eigenvalue weighted by atomic mass is 19.1. The molecule has 2 rings (SSSR count). The second kappa shape index (κ2) is 5.97. The van der Waals surface area contributed by atoms with Crippen LogP contribution in [0, 0.1) is 11.6 Å². The Hall–Kier alpha value is -1.33. The highest BCUT2D eigenvalue weighted by Crippen LogP contribution is 2.29. The van der Waals surface area contributed by atoms with Gasteiger partial charge in [-0.1, -0.05) is 12.8 Å². The third-order valence-corrected chi connectivity index (χ3v) is 3.74. The summed E-state index contributed by atoms with van der Waals surface area (Å²) < 4.78 is 26.3. The molecule has 0 saturated heterocycles. The molecule has 1 aromatic rings. The maximum Gasteiger partial charge on any atom is 0.179 e. The molecular weight excluding hydrogens is 264 g/mol. The van der Waals surface area contributed by atoms with Crippen LogP contribution in [-0.2, 0) is 0 Å². The van der Waals surface area contributed by atoms with Crippen molar-refractivity contribution in [3.63, 3.8) is 0 Å². The Labute approximate surface area is 117 Å². The Balaban J connectivity index is 1.96. The summed E-state index contributed by atoms with van der Waals surface area (Å²) in [6.07, 6.45) is 3.45. The molecule has 5 heteroatoms. The summed E-state index contributed by atoms with van der Waals surface area (Å²) in [6, 6.07) is 2.93. The molecule has 3 nitrogen and oxygen atoms in total. The van der Waals surface area contributed by atoms with E-state index >= 15 is 0 Å². The van der Waals surface area contributed by atoms with E-state index in [1.807, 2.05) is 0 Å². The highest BCUT2D eigenvalue weighted by molar-refractivity contribution is 5.97. The SMILES string of the molecule is CN(CC(=O)c1ccc(F)cc1F)CC1(O)CCCC1. The van der Waals surface area contributed by atoms with Gasteiger partial charge in [0.25, 0.3) is 0 Å². The minimum atomic E-state index is -0.844. The van der Waals surface area contributed by atoms with E-state index in [4.69, 9.17) is 0 Å². The molecule has 110 valence electrons. The molecule has 0 aromatic heterocycles. The summed E-state index contributed by atoms with van der Waals surface area (Å²) in [5.74, 6) is -1.96. The van der Waals surface area contributed by atoms with Crippen LogP contribution >= 0.6 is 0 Å². The molecule has 1 fully saturated rings. The summed E-state index contributed by atoms with van der Waals surface area (Å²) >= 11 is 0. The van der Waals surface area contributed by atoms with Gasteiger partial charge in [-0.05, 0) is 32.0 Å². The minimum absolute atomic E-state index is 0.00482. The zero-order valence-electron chi connectivity index (χ0n) is 11.5. The van der Waals surface area contributed by atoms with Crippen LogP contribution in [0.1, 0.15) is 36.0 Å². The molecule has 0 radical (unpaired) electrons. The van der Waals surface area contributed by atoms with Crippen molar-refractivity contribution in [1.82, 2.24) is 4.90 Å². The van der Waals surface area contributed by atoms with Crippen LogP contribution in [0.25, 0.3) is 0 Å². The number of hydrogen-bond donors (Lipinski definition) is 1. The van der Waals surface area contributed by atoms with Crippen molar-refractivity contribution in [2.45, 2.75) is 31.3 Å². The second-order valence-electron chi connectivity index (χ2n) is 5.65. The first-order chi connectivity index (χ1) is 9.39. The van der Waals surface area contributed by atoms with Gasteiger partial charge in [0.1, 0.15) is 11.6 Å². The van der Waals surface area contributed by atoms with Gasteiger partial charge in [-0.25, -0.2) is 8.78 Å². The molecule has 20 heavy (non-hydrogen) atoms. The van der Waals surface area contributed by atoms with Crippen LogP contribution in [0.2, 0.25) is 0 Å². The third kappa shape index (κ3) is 3.61. The van der Waals surface area contributed by atoms with E-state index in [-0.39, 0.29) is 12.1 Å². The van der Waals surface area contributed by atoms with Gasteiger partial charge in [0, 0.05) is 12.6 Å². The van der Waals surface area contributed by atoms with Crippen molar-refractivity contribution < 1.29 is 18.7 Å². The lowest BCUT2D eigenvalue weighted by Crippen LogP contribution is -2.41. The summed E-state index contributed by atoms with van der Waals surface area (Å²) in [7, 11) is 1.72. The first-order valence-electron chi connectivity index (χ1n) is 6.79. The van der Waals surface area contributed by atoms with E-state index in [2.05, 4.69) is 0 Å². The number of carbonyl (C=O) groups excluding carboxylic acids is 1. The van der Waals surface area contributed by atoms with Crippen LogP contribution in [0.15, 0.2) is 18.2 Å². The molecule has 0 amide bonds. The van der Waals surface area contributed by atoms with E-state index in [0.29, 0.717) is 12.6 Å². The molecule has 1 saturated carbocycles. The van der Waals surface area contributed by atoms with Crippen LogP contribution in [0.5, 0.6) is 0 Å². The molecule has 1 aromatic carbocycles. The number of nitrogens with zero attached hydrogens (tertiary/aromatic N) is 1. The Kier molecular flexibility index (Phi) is 4.50. The highest BCUT2D eigenvalue weighted by Gasteiger charge is 2.32. The first-order valence-corrected chi connectivity index (χ1v) is 6.79. The molecule has 1 N–H and O–H groups in total. The van der Waals surface area contributed by atoms with E-state index in [1.165, 1.54) is 0 Å². The largest absolute Gasteiger partial charge is 0.389 e. The molecule has 0 atom stereocenters. The standard InChI is InChI=1S/C15H19F2NO2/c1-18(10-15(20)6-2-3-7-15)9-14(19)12-5-4-11(16)8-13(12)17/h4-5,8,20H,2-3,6-7,9-10H2,1H3. The molecule has 1 aliphatic rings. The monoisotopic (exact) mass is 283 g/mol. The number of likely N-dealkylation sites (N-methyl/N-ethyl adjacent to an activating group) is 1. The van der Waals surface area contributed by atoms with E-state index in [0.717, 1.165) is 37.8 Å². The van der Waals surface area contributed by atoms with Gasteiger partial charge in [0.05, 0.1) is 17.7 Å². The van der Waals surface area contributed by atoms with E-state index in [9.17, 15) is 18.7 Å². The van der Waals surface area contributed by atoms with Gasteiger partial charge in [-0.3, -0.25) is 9.69 Å². The van der Waals surface area contributed by atoms with Gasteiger partial charge in [0.15, 0.2) is 5.78 Å². The van der Waals surface area contributed by atoms with E-state index < -0.39 is 23.0 Å². The number of rotatable bonds is 5. The van der Waals surface area contributed by atoms with Gasteiger partial charge in [-0.2, -0.15) is 0 Å². The number of aliphatic hydroxyl groups is 1. The van der Waals surface area contributed by atoms with Gasteiger partial charge in [-0.15, -0.1) is 0 Å². The number of hydrogen-bond acceptors (Lipinski definition) is 3. The van der Waals surface area contributed by atoms with Crippen molar-refractivity contribution in [1.29, 1.82) is 0 Å². The lowest BCUT2D eigenvalue weighted by Gasteiger charge is -2.28. The molecular formula is C15H19F2NO2. The average molecular weight is 283 g/mol. The Bertz CT molecular complexity index is 499. The predicted molar refractivity (Wildman–Crippen MR) is 71.6 cm³/mol. The van der Waals surface area contributed by atoms with Crippen molar-refractivity contribution in [3.8, 4) is 0 Å². The Morgan fingerprint density at radius 2 is 2.00 bits per heavy atom. The van der Waals surface area contributed by atoms with Crippen LogP contribution in [0.4, 0.5) is 8.78 Å². The number of carbonyl (C=O) groups is 1. The maximum absolute atomic E-state index is 13.5. The summed E-state index contributed by atoms with van der Waals surface area (Å²) in [6.45, 7) is 0.395. The first kappa shape index (κ1) is 15.1. The average Bonchev–Trinajstić information content (AvgIpc) is 2.74. The fourth-order valence-corrected chi connectivity index (χ4v) is 2.80. The molecule has 0 aliphatic heterocycles. The fourth-order valence-electron chi connectivity index (χ4n) is 2.80. The Morgan fingerprint density at radius 3 is 2.60 bits per heavy atom. The van der Waals surface area contributed by atoms with Crippen LogP contribution < -0.4 is 0 Å².